The van der Waals surface area contributed by atoms with Crippen LogP contribution in [0.25, 0.3) is 0 Å². The van der Waals surface area contributed by atoms with Crippen LogP contribution in [0.15, 0.2) is 0 Å². The maximum Gasteiger partial charge on any atom is 0.330 e. The lowest BCUT2D eigenvalue weighted by atomic mass is 9.75. The molecule has 0 radical (unpaired) electrons. The van der Waals surface area contributed by atoms with Crippen LogP contribution in [0, 0.1) is 33.7 Å². The number of rotatable bonds is 3. The SMILES string of the molecule is N#CBc1nc(BC#N)nc(BC#N)n1. The fraction of sp³-hybridized carbons (Fsp3) is 0. The average Bonchev–Trinajstić information content (AvgIpc) is 2.19. The van der Waals surface area contributed by atoms with Gasteiger partial charge in [0.2, 0.25) is 0 Å². The zero-order valence-corrected chi connectivity index (χ0v) is 7.80. The normalized spacial score (nSPS) is 7.80. The predicted molar refractivity (Wildman–Crippen MR) is 57.0 cm³/mol. The summed E-state index contributed by atoms with van der Waals surface area (Å²) in [6.45, 7) is 0. The van der Waals surface area contributed by atoms with E-state index in [0.717, 1.165) is 0 Å². The summed E-state index contributed by atoms with van der Waals surface area (Å²) in [6.07, 6.45) is 0. The third-order valence-electron chi connectivity index (χ3n) is 1.49. The van der Waals surface area contributed by atoms with Crippen LogP contribution in [0.1, 0.15) is 0 Å². The Bertz CT molecular complexity index is 397. The van der Waals surface area contributed by atoms with E-state index in [1.165, 1.54) is 0 Å². The van der Waals surface area contributed by atoms with Crippen LogP contribution >= 0.6 is 0 Å². The third kappa shape index (κ3) is 3.13. The largest absolute Gasteiger partial charge is 0.330 e. The highest BCUT2D eigenvalue weighted by atomic mass is 15.0. The van der Waals surface area contributed by atoms with Gasteiger partial charge in [-0.15, -0.1) is 0 Å². The molecule has 0 unspecified atom stereocenters. The summed E-state index contributed by atoms with van der Waals surface area (Å²) in [5.74, 6) is 5.71. The van der Waals surface area contributed by atoms with E-state index < -0.39 is 0 Å². The summed E-state index contributed by atoms with van der Waals surface area (Å²) < 4.78 is 0. The first-order valence-corrected chi connectivity index (χ1v) is 4.13. The third-order valence-corrected chi connectivity index (χ3v) is 1.49. The smallest absolute Gasteiger partial charge is 0.237 e. The highest BCUT2D eigenvalue weighted by Gasteiger charge is 2.08. The first kappa shape index (κ1) is 10.8. The van der Waals surface area contributed by atoms with Crippen molar-refractivity contribution in [1.82, 2.24) is 15.0 Å². The van der Waals surface area contributed by atoms with E-state index in [0.29, 0.717) is 17.2 Å². The minimum Gasteiger partial charge on any atom is -0.237 e. The first-order valence-electron chi connectivity index (χ1n) is 4.13. The molecule has 1 aromatic rings. The van der Waals surface area contributed by atoms with Gasteiger partial charge in [-0.3, -0.25) is 0 Å². The average molecular weight is 192 g/mol. The molecule has 1 aromatic heterocycles. The number of hydrogen-bond donors (Lipinski definition) is 0. The molecule has 0 fully saturated rings. The van der Waals surface area contributed by atoms with E-state index in [2.05, 4.69) is 15.0 Å². The van der Waals surface area contributed by atoms with Crippen molar-refractivity contribution in [3.8, 4) is 17.9 Å². The van der Waals surface area contributed by atoms with Gasteiger partial charge < -0.3 is 0 Å². The van der Waals surface area contributed by atoms with Crippen molar-refractivity contribution >= 4 is 39.0 Å². The molecule has 0 aliphatic carbocycles. The minimum atomic E-state index is 0.0549. The zero-order chi connectivity index (χ0) is 11.1. The zero-order valence-electron chi connectivity index (χ0n) is 7.80. The van der Waals surface area contributed by atoms with Crippen molar-refractivity contribution in [1.29, 1.82) is 15.8 Å². The number of nitrogens with zero attached hydrogens (tertiary/aromatic N) is 6. The van der Waals surface area contributed by atoms with E-state index >= 15 is 0 Å². The molecule has 0 aliphatic rings. The van der Waals surface area contributed by atoms with Crippen LogP contribution in [-0.2, 0) is 0 Å². The molecule has 0 bridgehead atoms. The van der Waals surface area contributed by atoms with E-state index in [9.17, 15) is 0 Å². The second-order valence-electron chi connectivity index (χ2n) is 2.59. The molecule has 0 saturated carbocycles. The monoisotopic (exact) mass is 192 g/mol. The van der Waals surface area contributed by atoms with Crippen LogP contribution < -0.4 is 17.2 Å². The molecule has 0 spiro atoms. The van der Waals surface area contributed by atoms with Crippen LogP contribution in [0.4, 0.5) is 0 Å². The molecule has 15 heavy (non-hydrogen) atoms. The van der Waals surface area contributed by atoms with Crippen molar-refractivity contribution in [2.75, 3.05) is 0 Å². The highest BCUT2D eigenvalue weighted by molar-refractivity contribution is 6.64. The van der Waals surface area contributed by atoms with Gasteiger partial charge in [0.15, 0.2) is 0 Å². The molecule has 0 aromatic carbocycles. The van der Waals surface area contributed by atoms with Gasteiger partial charge in [-0.2, -0.15) is 0 Å². The Morgan fingerprint density at radius 2 is 0.933 bits per heavy atom. The molecule has 9 heteroatoms. The standard InChI is InChI=1S/C6H3B3N6/c10-1-7-4-13-5(8-2-11)15-6(14-4)9-3-12/h7-9H. The fourth-order valence-corrected chi connectivity index (χ4v) is 0.971. The predicted octanol–water partition coefficient (Wildman–Crippen LogP) is -4.50. The summed E-state index contributed by atoms with van der Waals surface area (Å²) in [5, 5.41) is 25.4. The van der Waals surface area contributed by atoms with E-state index in [-0.39, 0.29) is 21.8 Å². The molecular formula is C6H3B3N6. The van der Waals surface area contributed by atoms with E-state index in [1.54, 1.807) is 0 Å². The molecule has 0 aliphatic heterocycles. The molecule has 1 rings (SSSR count). The van der Waals surface area contributed by atoms with Gasteiger partial charge >= 0.3 is 21.8 Å². The molecule has 66 valence electrons. The lowest BCUT2D eigenvalue weighted by Gasteiger charge is -1.99. The lowest BCUT2D eigenvalue weighted by Crippen LogP contribution is -2.43. The number of hydrogen-bond acceptors (Lipinski definition) is 6. The van der Waals surface area contributed by atoms with Crippen molar-refractivity contribution in [2.45, 2.75) is 0 Å². The van der Waals surface area contributed by atoms with Crippen LogP contribution in [-0.4, -0.2) is 36.8 Å². The van der Waals surface area contributed by atoms with Crippen LogP contribution in [0.3, 0.4) is 0 Å². The molecular weight excluding hydrogens is 189 g/mol. The minimum absolute atomic E-state index is 0.0549. The first-order chi connectivity index (χ1) is 7.30. The van der Waals surface area contributed by atoms with Crippen molar-refractivity contribution in [3.05, 3.63) is 0 Å². The summed E-state index contributed by atoms with van der Waals surface area (Å²) >= 11 is 0. The van der Waals surface area contributed by atoms with Gasteiger partial charge in [-0.05, 0) is 0 Å². The highest BCUT2D eigenvalue weighted by Crippen LogP contribution is 1.62. The van der Waals surface area contributed by atoms with Gasteiger partial charge in [-0.25, -0.2) is 30.7 Å². The summed E-state index contributed by atoms with van der Waals surface area (Å²) in [7, 11) is 0.165. The van der Waals surface area contributed by atoms with Gasteiger partial charge in [0.25, 0.3) is 0 Å². The van der Waals surface area contributed by atoms with Crippen molar-refractivity contribution in [3.63, 3.8) is 0 Å². The van der Waals surface area contributed by atoms with Crippen molar-refractivity contribution in [2.24, 2.45) is 0 Å². The maximum atomic E-state index is 8.48. The maximum absolute atomic E-state index is 8.48. The Labute approximate surface area is 88.3 Å². The number of aromatic nitrogens is 3. The van der Waals surface area contributed by atoms with Gasteiger partial charge in [0.1, 0.15) is 17.2 Å². The lowest BCUT2D eigenvalue weighted by molar-refractivity contribution is 1.18. The summed E-state index contributed by atoms with van der Waals surface area (Å²) in [5.41, 5.74) is 0.925. The molecule has 0 amide bonds. The Morgan fingerprint density at radius 3 is 1.13 bits per heavy atom. The van der Waals surface area contributed by atoms with Crippen molar-refractivity contribution < 1.29 is 0 Å². The Hall–Kier alpha value is -2.33. The van der Waals surface area contributed by atoms with Crippen LogP contribution in [0.5, 0.6) is 0 Å². The molecule has 6 nitrogen and oxygen atoms in total. The second kappa shape index (κ2) is 5.41. The second-order valence-corrected chi connectivity index (χ2v) is 2.59. The molecule has 0 atom stereocenters. The topological polar surface area (TPSA) is 110 Å². The van der Waals surface area contributed by atoms with E-state index in [4.69, 9.17) is 15.8 Å². The number of nitriles is 3. The Kier molecular flexibility index (Phi) is 3.88. The quantitative estimate of drug-likeness (QED) is 0.446. The molecule has 1 heterocycles. The Morgan fingerprint density at radius 1 is 0.667 bits per heavy atom. The van der Waals surface area contributed by atoms with Gasteiger partial charge in [0.05, 0.1) is 0 Å². The Balaban J connectivity index is 3.05. The van der Waals surface area contributed by atoms with E-state index in [1.807, 2.05) is 17.9 Å². The van der Waals surface area contributed by atoms with Gasteiger partial charge in [0, 0.05) is 17.9 Å². The molecule has 0 N–H and O–H groups in total. The molecule has 0 saturated heterocycles. The van der Waals surface area contributed by atoms with Crippen LogP contribution in [0.2, 0.25) is 0 Å². The summed E-state index contributed by atoms with van der Waals surface area (Å²) in [6, 6.07) is 0. The summed E-state index contributed by atoms with van der Waals surface area (Å²) in [4.78, 5) is 11.8. The van der Waals surface area contributed by atoms with Gasteiger partial charge in [-0.1, -0.05) is 0 Å². The fourth-order valence-electron chi connectivity index (χ4n) is 0.971.